The summed E-state index contributed by atoms with van der Waals surface area (Å²) in [6.45, 7) is 4.76. The van der Waals surface area contributed by atoms with E-state index in [0.29, 0.717) is 0 Å². The van der Waals surface area contributed by atoms with Gasteiger partial charge in [0.25, 0.3) is 0 Å². The van der Waals surface area contributed by atoms with Gasteiger partial charge in [-0.15, -0.1) is 0 Å². The molecule has 288 valence electrons. The van der Waals surface area contributed by atoms with Crippen molar-refractivity contribution in [2.75, 3.05) is 4.90 Å². The van der Waals surface area contributed by atoms with Crippen LogP contribution in [0.4, 0.5) is 17.1 Å². The molecule has 9 aromatic rings. The second-order valence-corrected chi connectivity index (χ2v) is 17.8. The molecule has 13 rings (SSSR count). The van der Waals surface area contributed by atoms with E-state index in [4.69, 9.17) is 0 Å². The third-order valence-electron chi connectivity index (χ3n) is 14.5. The molecule has 9 aromatic carbocycles. The molecular formula is C60H43N. The highest BCUT2D eigenvalue weighted by Gasteiger charge is 2.51. The van der Waals surface area contributed by atoms with Gasteiger partial charge < -0.3 is 4.90 Å². The second-order valence-electron chi connectivity index (χ2n) is 17.8. The average molecular weight is 778 g/mol. The molecule has 0 bridgehead atoms. The van der Waals surface area contributed by atoms with Crippen molar-refractivity contribution < 1.29 is 0 Å². The van der Waals surface area contributed by atoms with Crippen LogP contribution in [-0.2, 0) is 10.8 Å². The second kappa shape index (κ2) is 12.6. The SMILES string of the molecule is CC1(C)c2ccccc2-c2c(N(c3ccc4c(c3)C3(c5ccccc5C5=c6c3c(-c3ccccc3)ccc6=CCC5)c3ccccc3-4)c3ccc4ccccc4c3)cccc21. The van der Waals surface area contributed by atoms with Gasteiger partial charge in [0.15, 0.2) is 0 Å². The topological polar surface area (TPSA) is 3.24 Å². The van der Waals surface area contributed by atoms with Gasteiger partial charge in [0.1, 0.15) is 0 Å². The minimum absolute atomic E-state index is 0.127. The lowest BCUT2D eigenvalue weighted by Gasteiger charge is -2.42. The van der Waals surface area contributed by atoms with Gasteiger partial charge in [-0.3, -0.25) is 0 Å². The van der Waals surface area contributed by atoms with Gasteiger partial charge in [0.2, 0.25) is 0 Å². The predicted molar refractivity (Wildman–Crippen MR) is 254 cm³/mol. The van der Waals surface area contributed by atoms with Gasteiger partial charge >= 0.3 is 0 Å². The van der Waals surface area contributed by atoms with E-state index in [1.165, 1.54) is 105 Å². The minimum atomic E-state index is -0.563. The van der Waals surface area contributed by atoms with Gasteiger partial charge in [-0.2, -0.15) is 0 Å². The van der Waals surface area contributed by atoms with E-state index in [9.17, 15) is 0 Å². The first kappa shape index (κ1) is 34.6. The van der Waals surface area contributed by atoms with Crippen LogP contribution < -0.4 is 15.3 Å². The van der Waals surface area contributed by atoms with Crippen molar-refractivity contribution >= 4 is 39.5 Å². The number of nitrogens with zero attached hydrogens (tertiary/aromatic N) is 1. The van der Waals surface area contributed by atoms with Crippen molar-refractivity contribution in [2.45, 2.75) is 37.5 Å². The Morgan fingerprint density at radius 3 is 1.90 bits per heavy atom. The maximum atomic E-state index is 2.57. The maximum Gasteiger partial charge on any atom is 0.0732 e. The van der Waals surface area contributed by atoms with Crippen molar-refractivity contribution in [1.29, 1.82) is 0 Å². The fraction of sp³-hybridized carbons (Fsp3) is 0.100. The molecule has 0 aliphatic heterocycles. The lowest BCUT2D eigenvalue weighted by molar-refractivity contribution is 0.660. The Bertz CT molecular complexity index is 3460. The summed E-state index contributed by atoms with van der Waals surface area (Å²) in [7, 11) is 0. The van der Waals surface area contributed by atoms with E-state index in [0.717, 1.165) is 24.2 Å². The standard InChI is InChI=1S/C60H43N/c1-59(2)50-25-11-10-23-49(50)57-53(59)28-15-29-55(57)61(42-32-30-38-16-6-7-19-41(38)36-42)43-33-35-47-45-21-8-12-26-51(45)60(54(47)37-43)52-27-13-9-22-46(52)48-24-14-20-40-31-34-44(58(60)56(40)48)39-17-4-3-5-18-39/h3-13,15-23,25-37H,14,24H2,1-2H3. The smallest absolute Gasteiger partial charge is 0.0732 e. The third-order valence-corrected chi connectivity index (χ3v) is 14.5. The summed E-state index contributed by atoms with van der Waals surface area (Å²) >= 11 is 0. The van der Waals surface area contributed by atoms with Gasteiger partial charge in [-0.25, -0.2) is 0 Å². The molecule has 4 aliphatic carbocycles. The highest BCUT2D eigenvalue weighted by atomic mass is 15.1. The fourth-order valence-corrected chi connectivity index (χ4v) is 12.0. The van der Waals surface area contributed by atoms with E-state index in [-0.39, 0.29) is 5.41 Å². The molecule has 0 saturated heterocycles. The van der Waals surface area contributed by atoms with Crippen molar-refractivity contribution in [3.05, 3.63) is 244 Å². The number of hydrogen-bond donors (Lipinski definition) is 0. The van der Waals surface area contributed by atoms with Crippen molar-refractivity contribution in [3.8, 4) is 33.4 Å². The molecule has 1 unspecified atom stereocenters. The van der Waals surface area contributed by atoms with Crippen LogP contribution in [0.15, 0.2) is 194 Å². The Morgan fingerprint density at radius 1 is 0.443 bits per heavy atom. The molecule has 61 heavy (non-hydrogen) atoms. The van der Waals surface area contributed by atoms with E-state index in [2.05, 4.69) is 219 Å². The van der Waals surface area contributed by atoms with Gasteiger partial charge in [-0.1, -0.05) is 184 Å². The number of rotatable bonds is 4. The number of benzene rings is 9. The lowest BCUT2D eigenvalue weighted by atomic mass is 9.60. The Kier molecular flexibility index (Phi) is 7.18. The van der Waals surface area contributed by atoms with Crippen LogP contribution in [0.2, 0.25) is 0 Å². The zero-order valence-electron chi connectivity index (χ0n) is 34.4. The molecule has 1 nitrogen and oxygen atoms in total. The van der Waals surface area contributed by atoms with Gasteiger partial charge in [-0.05, 0) is 137 Å². The zero-order valence-corrected chi connectivity index (χ0v) is 34.4. The summed E-state index contributed by atoms with van der Waals surface area (Å²) in [5.74, 6) is 0. The van der Waals surface area contributed by atoms with Crippen molar-refractivity contribution in [1.82, 2.24) is 0 Å². The van der Waals surface area contributed by atoms with E-state index in [1.54, 1.807) is 0 Å². The summed E-state index contributed by atoms with van der Waals surface area (Å²) in [6.07, 6.45) is 4.56. The van der Waals surface area contributed by atoms with Crippen molar-refractivity contribution in [2.24, 2.45) is 0 Å². The molecule has 1 spiro atoms. The summed E-state index contributed by atoms with van der Waals surface area (Å²) in [6, 6.07) is 73.7. The highest BCUT2D eigenvalue weighted by molar-refractivity contribution is 5.99. The van der Waals surface area contributed by atoms with Gasteiger partial charge in [0.05, 0.1) is 11.1 Å². The molecule has 1 heteroatoms. The summed E-state index contributed by atoms with van der Waals surface area (Å²) in [5, 5.41) is 5.24. The quantitative estimate of drug-likeness (QED) is 0.172. The Hall–Kier alpha value is -7.22. The highest BCUT2D eigenvalue weighted by Crippen LogP contribution is 2.61. The number of hydrogen-bond acceptors (Lipinski definition) is 1. The van der Waals surface area contributed by atoms with E-state index in [1.807, 2.05) is 0 Å². The monoisotopic (exact) mass is 777 g/mol. The molecule has 0 N–H and O–H groups in total. The Balaban J connectivity index is 1.17. The predicted octanol–water partition coefficient (Wildman–Crippen LogP) is 13.7. The Labute approximate surface area is 357 Å². The van der Waals surface area contributed by atoms with Crippen LogP contribution in [0.5, 0.6) is 0 Å². The normalized spacial score (nSPS) is 16.9. The van der Waals surface area contributed by atoms with Crippen LogP contribution in [0, 0.1) is 0 Å². The fourth-order valence-electron chi connectivity index (χ4n) is 12.0. The number of anilines is 3. The van der Waals surface area contributed by atoms with Crippen molar-refractivity contribution in [3.63, 3.8) is 0 Å². The number of fused-ring (bicyclic) bond motifs is 13. The van der Waals surface area contributed by atoms with Crippen LogP contribution in [-0.4, -0.2) is 0 Å². The lowest BCUT2D eigenvalue weighted by Crippen LogP contribution is -2.46. The first-order chi connectivity index (χ1) is 30.0. The average Bonchev–Trinajstić information content (AvgIpc) is 3.73. The van der Waals surface area contributed by atoms with E-state index < -0.39 is 5.41 Å². The van der Waals surface area contributed by atoms with Crippen LogP contribution in [0.25, 0.3) is 55.8 Å². The molecule has 0 amide bonds. The van der Waals surface area contributed by atoms with Crippen LogP contribution >= 0.6 is 0 Å². The molecule has 0 aromatic heterocycles. The van der Waals surface area contributed by atoms with Crippen LogP contribution in [0.1, 0.15) is 65.6 Å². The Morgan fingerprint density at radius 2 is 1.07 bits per heavy atom. The largest absolute Gasteiger partial charge is 0.310 e. The molecular weight excluding hydrogens is 735 g/mol. The molecule has 1 atom stereocenters. The zero-order chi connectivity index (χ0) is 40.5. The van der Waals surface area contributed by atoms with Gasteiger partial charge in [0, 0.05) is 22.4 Å². The first-order valence-electron chi connectivity index (χ1n) is 21.8. The maximum absolute atomic E-state index is 2.57. The summed E-state index contributed by atoms with van der Waals surface area (Å²) in [4.78, 5) is 2.55. The minimum Gasteiger partial charge on any atom is -0.310 e. The molecule has 0 heterocycles. The van der Waals surface area contributed by atoms with Crippen LogP contribution in [0.3, 0.4) is 0 Å². The molecule has 0 fully saturated rings. The molecule has 0 radical (unpaired) electrons. The summed E-state index contributed by atoms with van der Waals surface area (Å²) in [5.41, 5.74) is 21.7. The summed E-state index contributed by atoms with van der Waals surface area (Å²) < 4.78 is 0. The third kappa shape index (κ3) is 4.61. The first-order valence-corrected chi connectivity index (χ1v) is 21.8. The molecule has 0 saturated carbocycles. The van der Waals surface area contributed by atoms with E-state index >= 15 is 0 Å². The molecule has 4 aliphatic rings.